The van der Waals surface area contributed by atoms with Gasteiger partial charge >= 0.3 is 148 Å². The van der Waals surface area contributed by atoms with Gasteiger partial charge in [-0.15, -0.1) is 0 Å². The standard InChI is InChI=1S/C8H9O2.3C4H9.Sn/c1-9-7-10-8-5-3-2-4-6-8;3*1-3-4-2;/h2-5H,7H2,1H3;3*1,3-4H2,2H3;. The Morgan fingerprint density at radius 3 is 1.83 bits per heavy atom. The number of rotatable bonds is 13. The fourth-order valence-electron chi connectivity index (χ4n) is 3.48. The van der Waals surface area contributed by atoms with Gasteiger partial charge in [0.1, 0.15) is 0 Å². The summed E-state index contributed by atoms with van der Waals surface area (Å²) in [5.74, 6) is 1.11. The molecule has 0 atom stereocenters. The molecule has 1 aromatic carbocycles. The first kappa shape index (κ1) is 20.8. The van der Waals surface area contributed by atoms with Gasteiger partial charge in [0.2, 0.25) is 0 Å². The summed E-state index contributed by atoms with van der Waals surface area (Å²) in [6, 6.07) is 8.85. The van der Waals surface area contributed by atoms with Gasteiger partial charge in [-0.2, -0.15) is 0 Å². The summed E-state index contributed by atoms with van der Waals surface area (Å²) < 4.78 is 17.1. The zero-order chi connectivity index (χ0) is 17.0. The molecule has 0 aliphatic heterocycles. The van der Waals surface area contributed by atoms with Crippen LogP contribution >= 0.6 is 0 Å². The van der Waals surface area contributed by atoms with E-state index >= 15 is 0 Å². The van der Waals surface area contributed by atoms with Crippen molar-refractivity contribution < 1.29 is 9.47 Å². The summed E-state index contributed by atoms with van der Waals surface area (Å²) in [6.45, 7) is 7.32. The molecule has 0 fully saturated rings. The molecule has 0 bridgehead atoms. The molecule has 0 aliphatic carbocycles. The van der Waals surface area contributed by atoms with Crippen molar-refractivity contribution in [2.45, 2.75) is 72.6 Å². The molecule has 0 amide bonds. The molecule has 1 rings (SSSR count). The van der Waals surface area contributed by atoms with E-state index in [1.807, 2.05) is 0 Å². The van der Waals surface area contributed by atoms with Gasteiger partial charge in [0, 0.05) is 0 Å². The van der Waals surface area contributed by atoms with Gasteiger partial charge < -0.3 is 0 Å². The number of hydrogen-bond acceptors (Lipinski definition) is 2. The normalized spacial score (nSPS) is 11.7. The number of hydrogen-bond donors (Lipinski definition) is 0. The van der Waals surface area contributed by atoms with Gasteiger partial charge in [0.05, 0.1) is 0 Å². The van der Waals surface area contributed by atoms with Crippen LogP contribution in [0.25, 0.3) is 0 Å². The van der Waals surface area contributed by atoms with Gasteiger partial charge in [-0.25, -0.2) is 0 Å². The second-order valence-electron chi connectivity index (χ2n) is 6.64. The van der Waals surface area contributed by atoms with E-state index in [1.165, 1.54) is 51.8 Å². The maximum absolute atomic E-state index is 5.96. The number of unbranched alkanes of at least 4 members (excludes halogenated alkanes) is 3. The van der Waals surface area contributed by atoms with Crippen LogP contribution in [0.15, 0.2) is 24.3 Å². The van der Waals surface area contributed by atoms with Gasteiger partial charge in [-0.1, -0.05) is 0 Å². The van der Waals surface area contributed by atoms with E-state index in [-0.39, 0.29) is 0 Å². The quantitative estimate of drug-likeness (QED) is 0.296. The van der Waals surface area contributed by atoms with E-state index in [4.69, 9.17) is 9.47 Å². The second kappa shape index (κ2) is 12.2. The Kier molecular flexibility index (Phi) is 11.0. The van der Waals surface area contributed by atoms with Gasteiger partial charge in [-0.3, -0.25) is 0 Å². The van der Waals surface area contributed by atoms with Crippen LogP contribution in [-0.4, -0.2) is 32.3 Å². The topological polar surface area (TPSA) is 18.5 Å². The average Bonchev–Trinajstić information content (AvgIpc) is 2.60. The minimum absolute atomic E-state index is 0.355. The van der Waals surface area contributed by atoms with Crippen molar-refractivity contribution in [3.8, 4) is 5.75 Å². The predicted octanol–water partition coefficient (Wildman–Crippen LogP) is 5.73. The monoisotopic (exact) mass is 428 g/mol. The minimum atomic E-state index is -2.41. The first-order valence-corrected chi connectivity index (χ1v) is 16.9. The SMILES string of the molecule is CCC[CH2][Sn]([CH2]CCC)([CH2]CCC)[c]1ccccc1OCOC. The van der Waals surface area contributed by atoms with Crippen LogP contribution in [0.5, 0.6) is 5.75 Å². The summed E-state index contributed by atoms with van der Waals surface area (Å²) in [7, 11) is 1.70. The molecule has 0 radical (unpaired) electrons. The summed E-state index contributed by atoms with van der Waals surface area (Å²) in [5.41, 5.74) is 0. The average molecular weight is 427 g/mol. The number of benzene rings is 1. The van der Waals surface area contributed by atoms with Crippen LogP contribution in [0.3, 0.4) is 0 Å². The Bertz CT molecular complexity index is 398. The molecule has 0 heterocycles. The number of methoxy groups -OCH3 is 1. The van der Waals surface area contributed by atoms with Crippen LogP contribution in [0, 0.1) is 0 Å². The third-order valence-electron chi connectivity index (χ3n) is 4.82. The Morgan fingerprint density at radius 1 is 0.826 bits per heavy atom. The zero-order valence-electron chi connectivity index (χ0n) is 15.7. The molecule has 0 spiro atoms. The Labute approximate surface area is 147 Å². The summed E-state index contributed by atoms with van der Waals surface area (Å²) in [5, 5.41) is 0. The van der Waals surface area contributed by atoms with E-state index < -0.39 is 18.4 Å². The molecule has 0 unspecified atom stereocenters. The van der Waals surface area contributed by atoms with E-state index in [9.17, 15) is 0 Å². The Balaban J connectivity index is 3.17. The number of para-hydroxylation sites is 1. The molecule has 0 aromatic heterocycles. The summed E-state index contributed by atoms with van der Waals surface area (Å²) in [4.78, 5) is 0. The molecule has 0 aliphatic rings. The van der Waals surface area contributed by atoms with Gasteiger partial charge in [0.25, 0.3) is 0 Å². The van der Waals surface area contributed by atoms with Crippen molar-refractivity contribution in [3.05, 3.63) is 24.3 Å². The Morgan fingerprint density at radius 2 is 1.35 bits per heavy atom. The van der Waals surface area contributed by atoms with E-state index in [0.29, 0.717) is 6.79 Å². The van der Waals surface area contributed by atoms with Gasteiger partial charge in [-0.05, 0) is 0 Å². The molecule has 2 nitrogen and oxygen atoms in total. The molecular weight excluding hydrogens is 391 g/mol. The molecule has 0 saturated carbocycles. The third kappa shape index (κ3) is 6.66. The Hall–Kier alpha value is -0.221. The predicted molar refractivity (Wildman–Crippen MR) is 103 cm³/mol. The first-order valence-electron chi connectivity index (χ1n) is 9.45. The van der Waals surface area contributed by atoms with Crippen LogP contribution in [0.1, 0.15) is 59.3 Å². The molecule has 23 heavy (non-hydrogen) atoms. The van der Waals surface area contributed by atoms with Crippen LogP contribution < -0.4 is 8.32 Å². The molecule has 0 saturated heterocycles. The van der Waals surface area contributed by atoms with Crippen LogP contribution in [0.4, 0.5) is 0 Å². The fourth-order valence-corrected chi connectivity index (χ4v) is 20.0. The van der Waals surface area contributed by atoms with E-state index in [2.05, 4.69) is 45.0 Å². The summed E-state index contributed by atoms with van der Waals surface area (Å²) >= 11 is -2.41. The number of ether oxygens (including phenoxy) is 2. The van der Waals surface area contributed by atoms with Crippen molar-refractivity contribution in [1.82, 2.24) is 0 Å². The maximum atomic E-state index is 5.96. The molecule has 3 heteroatoms. The zero-order valence-corrected chi connectivity index (χ0v) is 18.6. The first-order chi connectivity index (χ1) is 11.2. The van der Waals surface area contributed by atoms with E-state index in [1.54, 1.807) is 10.7 Å². The van der Waals surface area contributed by atoms with Crippen molar-refractivity contribution in [3.63, 3.8) is 0 Å². The molecule has 1 aromatic rings. The summed E-state index contributed by atoms with van der Waals surface area (Å²) in [6.07, 6.45) is 8.04. The third-order valence-corrected chi connectivity index (χ3v) is 20.5. The fraction of sp³-hybridized carbons (Fsp3) is 0.700. The van der Waals surface area contributed by atoms with Crippen molar-refractivity contribution in [2.75, 3.05) is 13.9 Å². The second-order valence-corrected chi connectivity index (χ2v) is 19.8. The van der Waals surface area contributed by atoms with Crippen LogP contribution in [-0.2, 0) is 4.74 Å². The van der Waals surface area contributed by atoms with Crippen molar-refractivity contribution >= 4 is 22.0 Å². The van der Waals surface area contributed by atoms with E-state index in [0.717, 1.165) is 5.75 Å². The van der Waals surface area contributed by atoms with Gasteiger partial charge in [0.15, 0.2) is 0 Å². The molecule has 132 valence electrons. The van der Waals surface area contributed by atoms with Crippen LogP contribution in [0.2, 0.25) is 13.3 Å². The van der Waals surface area contributed by atoms with Crippen molar-refractivity contribution in [1.29, 1.82) is 0 Å². The van der Waals surface area contributed by atoms with Crippen molar-refractivity contribution in [2.24, 2.45) is 0 Å². The molecular formula is C20H36O2Sn. The molecule has 0 N–H and O–H groups in total.